The van der Waals surface area contributed by atoms with Gasteiger partial charge in [0.1, 0.15) is 10.7 Å². The van der Waals surface area contributed by atoms with E-state index in [1.807, 2.05) is 36.5 Å². The summed E-state index contributed by atoms with van der Waals surface area (Å²) in [5.74, 6) is -1.36. The molecule has 9 heteroatoms. The number of thiazole rings is 1. The van der Waals surface area contributed by atoms with Crippen molar-refractivity contribution in [3.63, 3.8) is 0 Å². The van der Waals surface area contributed by atoms with E-state index in [2.05, 4.69) is 10.1 Å². The van der Waals surface area contributed by atoms with E-state index in [0.29, 0.717) is 17.2 Å². The van der Waals surface area contributed by atoms with Crippen molar-refractivity contribution < 1.29 is 19.4 Å². The Balaban J connectivity index is 1.52. The first-order chi connectivity index (χ1) is 13.5. The molecule has 0 saturated carbocycles. The number of carboxylic acids is 1. The predicted octanol–water partition coefficient (Wildman–Crippen LogP) is 2.31. The van der Waals surface area contributed by atoms with Crippen LogP contribution in [0.4, 0.5) is 0 Å². The quantitative estimate of drug-likeness (QED) is 0.724. The molecule has 1 fully saturated rings. The number of aromatic nitrogens is 3. The molecule has 3 heterocycles. The maximum atomic E-state index is 12.8. The number of carboxylic acid groups (broad SMARTS) is 1. The molecule has 0 spiro atoms. The molecule has 1 N–H and O–H groups in total. The molecule has 4 rings (SSSR count). The normalized spacial score (nSPS) is 19.5. The minimum atomic E-state index is -1.07. The van der Waals surface area contributed by atoms with Crippen LogP contribution in [-0.4, -0.2) is 61.9 Å². The molecule has 2 atom stereocenters. The van der Waals surface area contributed by atoms with Gasteiger partial charge >= 0.3 is 5.97 Å². The van der Waals surface area contributed by atoms with Crippen molar-refractivity contribution in [3.05, 3.63) is 53.8 Å². The average molecular weight is 398 g/mol. The van der Waals surface area contributed by atoms with Gasteiger partial charge < -0.3 is 14.7 Å². The van der Waals surface area contributed by atoms with Crippen molar-refractivity contribution in [2.24, 2.45) is 0 Å². The minimum absolute atomic E-state index is 0.0112. The average Bonchev–Trinajstić information content (AvgIpc) is 3.37. The highest BCUT2D eigenvalue weighted by molar-refractivity contribution is 7.13. The van der Waals surface area contributed by atoms with E-state index in [-0.39, 0.29) is 18.6 Å². The second-order valence-corrected chi connectivity index (χ2v) is 7.39. The first-order valence-electron chi connectivity index (χ1n) is 8.75. The van der Waals surface area contributed by atoms with Crippen LogP contribution >= 0.6 is 11.3 Å². The molecule has 2 aromatic heterocycles. The molecule has 0 aliphatic carbocycles. The van der Waals surface area contributed by atoms with E-state index >= 15 is 0 Å². The molecule has 3 aromatic rings. The zero-order valence-corrected chi connectivity index (χ0v) is 15.9. The molecule has 1 aliphatic heterocycles. The molecule has 1 aromatic carbocycles. The van der Waals surface area contributed by atoms with Gasteiger partial charge in [-0.15, -0.1) is 11.3 Å². The van der Waals surface area contributed by atoms with Crippen molar-refractivity contribution in [2.45, 2.75) is 19.1 Å². The molecular formula is C19H18N4O4S. The third kappa shape index (κ3) is 3.67. The lowest BCUT2D eigenvalue weighted by atomic mass is 10.2. The summed E-state index contributed by atoms with van der Waals surface area (Å²) in [6.07, 6.45) is 2.20. The molecule has 1 amide bonds. The van der Waals surface area contributed by atoms with Gasteiger partial charge in [0.2, 0.25) is 0 Å². The number of aliphatic carboxylic acids is 1. The smallest absolute Gasteiger partial charge is 0.334 e. The van der Waals surface area contributed by atoms with Crippen molar-refractivity contribution in [1.82, 2.24) is 19.7 Å². The van der Waals surface area contributed by atoms with Crippen LogP contribution in [0.3, 0.4) is 0 Å². The van der Waals surface area contributed by atoms with Gasteiger partial charge in [0.25, 0.3) is 5.91 Å². The number of morpholine rings is 1. The van der Waals surface area contributed by atoms with E-state index in [1.54, 1.807) is 23.2 Å². The summed E-state index contributed by atoms with van der Waals surface area (Å²) in [6, 6.07) is 9.71. The Labute approximate surface area is 165 Å². The van der Waals surface area contributed by atoms with Gasteiger partial charge in [-0.1, -0.05) is 18.2 Å². The van der Waals surface area contributed by atoms with Crippen LogP contribution < -0.4 is 0 Å². The highest BCUT2D eigenvalue weighted by Crippen LogP contribution is 2.25. The molecule has 1 unspecified atom stereocenters. The van der Waals surface area contributed by atoms with Crippen LogP contribution in [0.2, 0.25) is 0 Å². The third-order valence-corrected chi connectivity index (χ3v) is 5.29. The fourth-order valence-corrected chi connectivity index (χ4v) is 3.84. The van der Waals surface area contributed by atoms with Crippen LogP contribution in [0.1, 0.15) is 17.4 Å². The summed E-state index contributed by atoms with van der Waals surface area (Å²) in [5, 5.41) is 15.9. The van der Waals surface area contributed by atoms with Gasteiger partial charge in [-0.25, -0.2) is 14.5 Å². The minimum Gasteiger partial charge on any atom is -0.479 e. The highest BCUT2D eigenvalue weighted by Gasteiger charge is 2.33. The molecule has 8 nitrogen and oxygen atoms in total. The number of carbonyl (C=O) groups is 2. The fraction of sp³-hybridized carbons (Fsp3) is 0.263. The van der Waals surface area contributed by atoms with E-state index in [4.69, 9.17) is 4.74 Å². The topological polar surface area (TPSA) is 97.6 Å². The molecule has 0 bridgehead atoms. The van der Waals surface area contributed by atoms with E-state index < -0.39 is 12.1 Å². The lowest BCUT2D eigenvalue weighted by molar-refractivity contribution is -0.160. The summed E-state index contributed by atoms with van der Waals surface area (Å²) >= 11 is 1.35. The number of amides is 1. The zero-order valence-electron chi connectivity index (χ0n) is 15.1. The Kier molecular flexibility index (Phi) is 4.93. The van der Waals surface area contributed by atoms with Crippen LogP contribution in [-0.2, 0) is 9.53 Å². The maximum Gasteiger partial charge on any atom is 0.334 e. The number of rotatable bonds is 4. The second kappa shape index (κ2) is 7.53. The summed E-state index contributed by atoms with van der Waals surface area (Å²) < 4.78 is 7.11. The largest absolute Gasteiger partial charge is 0.479 e. The summed E-state index contributed by atoms with van der Waals surface area (Å²) in [6.45, 7) is 2.10. The number of benzene rings is 1. The van der Waals surface area contributed by atoms with Gasteiger partial charge in [0, 0.05) is 23.7 Å². The van der Waals surface area contributed by atoms with Gasteiger partial charge in [-0.3, -0.25) is 4.79 Å². The molecule has 1 aliphatic rings. The number of hydrogen-bond acceptors (Lipinski definition) is 6. The Morgan fingerprint density at radius 1 is 1.25 bits per heavy atom. The zero-order chi connectivity index (χ0) is 19.7. The van der Waals surface area contributed by atoms with E-state index in [9.17, 15) is 14.7 Å². The third-order valence-electron chi connectivity index (χ3n) is 4.40. The number of ether oxygens (including phenoxy) is 1. The molecule has 28 heavy (non-hydrogen) atoms. The summed E-state index contributed by atoms with van der Waals surface area (Å²) in [4.78, 5) is 29.9. The lowest BCUT2D eigenvalue weighted by Crippen LogP contribution is -2.51. The van der Waals surface area contributed by atoms with Gasteiger partial charge in [0.15, 0.2) is 6.10 Å². The molecule has 144 valence electrons. The predicted molar refractivity (Wildman–Crippen MR) is 103 cm³/mol. The summed E-state index contributed by atoms with van der Waals surface area (Å²) in [7, 11) is 0. The Hall–Kier alpha value is -3.04. The molecule has 0 radical (unpaired) electrons. The van der Waals surface area contributed by atoms with Crippen LogP contribution in [0.5, 0.6) is 0 Å². The lowest BCUT2D eigenvalue weighted by Gasteiger charge is -2.34. The van der Waals surface area contributed by atoms with E-state index in [0.717, 1.165) is 11.3 Å². The van der Waals surface area contributed by atoms with Crippen molar-refractivity contribution in [2.75, 3.05) is 13.1 Å². The van der Waals surface area contributed by atoms with Gasteiger partial charge in [-0.05, 0) is 19.1 Å². The Morgan fingerprint density at radius 3 is 2.79 bits per heavy atom. The van der Waals surface area contributed by atoms with Crippen molar-refractivity contribution in [3.8, 4) is 16.3 Å². The SMILES string of the molecule is C[C@@H]1CN(C(=O)c2csc(-c3cnn(-c4ccccc4)c3)n2)CC(C(=O)O)O1. The number of hydrogen-bond donors (Lipinski definition) is 1. The Morgan fingerprint density at radius 2 is 2.04 bits per heavy atom. The van der Waals surface area contributed by atoms with Crippen molar-refractivity contribution >= 4 is 23.2 Å². The first kappa shape index (κ1) is 18.3. The monoisotopic (exact) mass is 398 g/mol. The van der Waals surface area contributed by atoms with Crippen LogP contribution in [0, 0.1) is 0 Å². The van der Waals surface area contributed by atoms with Gasteiger partial charge in [0.05, 0.1) is 24.5 Å². The van der Waals surface area contributed by atoms with Gasteiger partial charge in [-0.2, -0.15) is 5.10 Å². The number of nitrogens with zero attached hydrogens (tertiary/aromatic N) is 4. The second-order valence-electron chi connectivity index (χ2n) is 6.53. The Bertz CT molecular complexity index is 1000. The highest BCUT2D eigenvalue weighted by atomic mass is 32.1. The molecular weight excluding hydrogens is 380 g/mol. The van der Waals surface area contributed by atoms with Crippen molar-refractivity contribution in [1.29, 1.82) is 0 Å². The number of carbonyl (C=O) groups excluding carboxylic acids is 1. The van der Waals surface area contributed by atoms with Crippen LogP contribution in [0.15, 0.2) is 48.1 Å². The summed E-state index contributed by atoms with van der Waals surface area (Å²) in [5.41, 5.74) is 2.04. The maximum absolute atomic E-state index is 12.8. The standard InChI is InChI=1S/C19H18N4O4S/c1-12-8-22(10-16(27-12)19(25)26)18(24)15-11-28-17(21-15)13-7-20-23(9-13)14-5-3-2-4-6-14/h2-7,9,11-12,16H,8,10H2,1H3,(H,25,26)/t12-,16?/m1/s1. The first-order valence-corrected chi connectivity index (χ1v) is 9.63. The van der Waals surface area contributed by atoms with E-state index in [1.165, 1.54) is 16.2 Å². The molecule has 1 saturated heterocycles. The fourth-order valence-electron chi connectivity index (χ4n) is 3.08. The van der Waals surface area contributed by atoms with Crippen LogP contribution in [0.25, 0.3) is 16.3 Å². The number of para-hydroxylation sites is 1.